The molecule has 0 fully saturated rings. The van der Waals surface area contributed by atoms with Gasteiger partial charge in [-0.25, -0.2) is 19.6 Å². The minimum absolute atomic E-state index is 0.166. The summed E-state index contributed by atoms with van der Waals surface area (Å²) in [7, 11) is 0. The lowest BCUT2D eigenvalue weighted by Gasteiger charge is -2.11. The van der Waals surface area contributed by atoms with Crippen LogP contribution in [0.4, 0.5) is 5.69 Å². The number of anilines is 1. The number of thiophene rings is 1. The molecule has 26 heavy (non-hydrogen) atoms. The molecular weight excluding hydrogens is 392 g/mol. The predicted molar refractivity (Wildman–Crippen MR) is 103 cm³/mol. The molecule has 3 heterocycles. The van der Waals surface area contributed by atoms with Gasteiger partial charge >= 0.3 is 0 Å². The minimum Gasteiger partial charge on any atom is -0.323 e. The third-order valence-corrected chi connectivity index (χ3v) is 5.52. The molecule has 0 bridgehead atoms. The van der Waals surface area contributed by atoms with Crippen molar-refractivity contribution >= 4 is 56.5 Å². The molecular formula is C16H11ClN6OS2. The van der Waals surface area contributed by atoms with Gasteiger partial charge in [-0.15, -0.1) is 11.3 Å². The van der Waals surface area contributed by atoms with E-state index < -0.39 is 0 Å². The normalized spacial score (nSPS) is 11.0. The zero-order chi connectivity index (χ0) is 17.9. The smallest absolute Gasteiger partial charge is 0.234 e. The zero-order valence-corrected chi connectivity index (χ0v) is 15.6. The van der Waals surface area contributed by atoms with E-state index >= 15 is 0 Å². The molecule has 0 aliphatic rings. The quantitative estimate of drug-likeness (QED) is 0.405. The van der Waals surface area contributed by atoms with Gasteiger partial charge in [-0.3, -0.25) is 4.79 Å². The van der Waals surface area contributed by atoms with Gasteiger partial charge in [0.2, 0.25) is 5.91 Å². The molecule has 0 unspecified atom stereocenters. The number of benzene rings is 1. The molecule has 0 saturated heterocycles. The van der Waals surface area contributed by atoms with E-state index in [-0.39, 0.29) is 11.7 Å². The molecule has 0 radical (unpaired) electrons. The summed E-state index contributed by atoms with van der Waals surface area (Å²) in [5.74, 6) is 0.0475. The average molecular weight is 403 g/mol. The number of fused-ring (bicyclic) bond motifs is 1. The Labute approximate surface area is 161 Å². The number of nitrogens with one attached hydrogen (secondary N) is 1. The Morgan fingerprint density at radius 1 is 1.27 bits per heavy atom. The zero-order valence-electron chi connectivity index (χ0n) is 13.2. The van der Waals surface area contributed by atoms with Gasteiger partial charge in [0.1, 0.15) is 28.8 Å². The summed E-state index contributed by atoms with van der Waals surface area (Å²) in [4.78, 5) is 25.7. The molecule has 0 aliphatic carbocycles. The standard InChI is InChI=1S/C16H11ClN6OS2/c17-10-1-2-13(23-9-18-7-21-23)12(5-10)22-14(24)6-26-16-11-3-4-25-15(11)19-8-20-16/h1-5,7-9H,6H2,(H,22,24). The molecule has 0 aliphatic heterocycles. The van der Waals surface area contributed by atoms with Crippen LogP contribution in [-0.2, 0) is 4.79 Å². The largest absolute Gasteiger partial charge is 0.323 e. The first-order valence-electron chi connectivity index (χ1n) is 7.46. The van der Waals surface area contributed by atoms with Crippen LogP contribution >= 0.6 is 34.7 Å². The van der Waals surface area contributed by atoms with E-state index in [1.165, 1.54) is 24.4 Å². The number of aromatic nitrogens is 5. The van der Waals surface area contributed by atoms with Crippen molar-refractivity contribution in [1.82, 2.24) is 24.7 Å². The van der Waals surface area contributed by atoms with Gasteiger partial charge in [0.15, 0.2) is 0 Å². The van der Waals surface area contributed by atoms with Gasteiger partial charge < -0.3 is 5.32 Å². The van der Waals surface area contributed by atoms with E-state index in [1.807, 2.05) is 11.4 Å². The van der Waals surface area contributed by atoms with E-state index in [4.69, 9.17) is 11.6 Å². The summed E-state index contributed by atoms with van der Waals surface area (Å²) in [5.41, 5.74) is 1.25. The number of carbonyl (C=O) groups excluding carboxylic acids is 1. The van der Waals surface area contributed by atoms with Crippen molar-refractivity contribution < 1.29 is 4.79 Å². The van der Waals surface area contributed by atoms with E-state index in [1.54, 1.807) is 40.5 Å². The third-order valence-electron chi connectivity index (χ3n) is 3.46. The molecule has 10 heteroatoms. The Hall–Kier alpha value is -2.49. The minimum atomic E-state index is -0.166. The Kier molecular flexibility index (Phi) is 4.83. The Morgan fingerprint density at radius 2 is 2.19 bits per heavy atom. The number of carbonyl (C=O) groups is 1. The van der Waals surface area contributed by atoms with Crippen molar-refractivity contribution in [3.8, 4) is 5.69 Å². The predicted octanol–water partition coefficient (Wildman–Crippen LogP) is 3.66. The van der Waals surface area contributed by atoms with Crippen molar-refractivity contribution in [2.75, 3.05) is 11.1 Å². The lowest BCUT2D eigenvalue weighted by Crippen LogP contribution is -2.16. The van der Waals surface area contributed by atoms with Crippen molar-refractivity contribution in [1.29, 1.82) is 0 Å². The van der Waals surface area contributed by atoms with Crippen LogP contribution in [0.1, 0.15) is 0 Å². The van der Waals surface area contributed by atoms with E-state index in [9.17, 15) is 4.79 Å². The van der Waals surface area contributed by atoms with Crippen LogP contribution in [0.2, 0.25) is 5.02 Å². The van der Waals surface area contributed by atoms with Crippen molar-refractivity contribution in [2.24, 2.45) is 0 Å². The highest BCUT2D eigenvalue weighted by atomic mass is 35.5. The van der Waals surface area contributed by atoms with Gasteiger partial charge in [-0.1, -0.05) is 23.4 Å². The number of rotatable bonds is 5. The number of hydrogen-bond donors (Lipinski definition) is 1. The number of amides is 1. The van der Waals surface area contributed by atoms with E-state index in [2.05, 4.69) is 25.4 Å². The number of thioether (sulfide) groups is 1. The summed E-state index contributed by atoms with van der Waals surface area (Å²) in [6.45, 7) is 0. The average Bonchev–Trinajstić information content (AvgIpc) is 3.31. The molecule has 4 rings (SSSR count). The molecule has 0 saturated carbocycles. The monoisotopic (exact) mass is 402 g/mol. The van der Waals surface area contributed by atoms with Gasteiger partial charge in [0, 0.05) is 10.4 Å². The van der Waals surface area contributed by atoms with Crippen LogP contribution < -0.4 is 5.32 Å². The Morgan fingerprint density at radius 3 is 3.04 bits per heavy atom. The summed E-state index contributed by atoms with van der Waals surface area (Å²) < 4.78 is 1.57. The molecule has 3 aromatic heterocycles. The van der Waals surface area contributed by atoms with Gasteiger partial charge in [-0.05, 0) is 29.6 Å². The molecule has 1 N–H and O–H groups in total. The topological polar surface area (TPSA) is 85.6 Å². The maximum atomic E-state index is 12.4. The maximum Gasteiger partial charge on any atom is 0.234 e. The van der Waals surface area contributed by atoms with Crippen LogP contribution in [0.5, 0.6) is 0 Å². The van der Waals surface area contributed by atoms with Crippen LogP contribution in [-0.4, -0.2) is 36.4 Å². The molecule has 4 aromatic rings. The molecule has 0 spiro atoms. The SMILES string of the molecule is O=C(CSc1ncnc2sccc12)Nc1cc(Cl)ccc1-n1cncn1. The third kappa shape index (κ3) is 3.55. The fourth-order valence-corrected chi connectivity index (χ4v) is 4.09. The second-order valence-corrected chi connectivity index (χ2v) is 7.45. The van der Waals surface area contributed by atoms with Gasteiger partial charge in [-0.2, -0.15) is 5.10 Å². The highest BCUT2D eigenvalue weighted by molar-refractivity contribution is 8.00. The van der Waals surface area contributed by atoms with Crippen molar-refractivity contribution in [3.63, 3.8) is 0 Å². The fraction of sp³-hybridized carbons (Fsp3) is 0.0625. The van der Waals surface area contributed by atoms with Crippen LogP contribution in [0.3, 0.4) is 0 Å². The Balaban J connectivity index is 1.50. The summed E-state index contributed by atoms with van der Waals surface area (Å²) in [6.07, 6.45) is 4.50. The lowest BCUT2D eigenvalue weighted by atomic mass is 10.2. The van der Waals surface area contributed by atoms with Crippen molar-refractivity contribution in [3.05, 3.63) is 53.7 Å². The number of nitrogens with zero attached hydrogens (tertiary/aromatic N) is 5. The first-order valence-corrected chi connectivity index (χ1v) is 9.70. The molecule has 0 atom stereocenters. The van der Waals surface area contributed by atoms with E-state index in [0.717, 1.165) is 15.2 Å². The summed E-state index contributed by atoms with van der Waals surface area (Å²) in [6, 6.07) is 7.15. The molecule has 1 amide bonds. The lowest BCUT2D eigenvalue weighted by molar-refractivity contribution is -0.113. The molecule has 130 valence electrons. The number of hydrogen-bond acceptors (Lipinski definition) is 7. The first kappa shape index (κ1) is 17.0. The summed E-state index contributed by atoms with van der Waals surface area (Å²) >= 11 is 8.98. The Bertz CT molecular complexity index is 1070. The highest BCUT2D eigenvalue weighted by Crippen LogP contribution is 2.28. The maximum absolute atomic E-state index is 12.4. The highest BCUT2D eigenvalue weighted by Gasteiger charge is 2.12. The second kappa shape index (κ2) is 7.40. The fourth-order valence-electron chi connectivity index (χ4n) is 2.34. The molecule has 7 nitrogen and oxygen atoms in total. The van der Waals surface area contributed by atoms with Gasteiger partial charge in [0.05, 0.1) is 17.1 Å². The first-order chi connectivity index (χ1) is 12.7. The second-order valence-electron chi connectivity index (χ2n) is 5.16. The van der Waals surface area contributed by atoms with Crippen LogP contribution in [0.25, 0.3) is 15.9 Å². The van der Waals surface area contributed by atoms with E-state index in [0.29, 0.717) is 16.4 Å². The van der Waals surface area contributed by atoms with Gasteiger partial charge in [0.25, 0.3) is 0 Å². The number of halogens is 1. The van der Waals surface area contributed by atoms with Crippen LogP contribution in [0, 0.1) is 0 Å². The van der Waals surface area contributed by atoms with Crippen LogP contribution in [0.15, 0.2) is 53.7 Å². The summed E-state index contributed by atoms with van der Waals surface area (Å²) in [5, 5.41) is 11.2. The van der Waals surface area contributed by atoms with Crippen molar-refractivity contribution in [2.45, 2.75) is 5.03 Å². The molecule has 1 aromatic carbocycles.